The molecular formula is C13H18N4S. The van der Waals surface area contributed by atoms with Gasteiger partial charge in [-0.05, 0) is 17.9 Å². The molecule has 2 N–H and O–H groups in total. The molecule has 0 aliphatic carbocycles. The van der Waals surface area contributed by atoms with E-state index in [0.717, 1.165) is 31.0 Å². The van der Waals surface area contributed by atoms with Crippen molar-refractivity contribution in [3.8, 4) is 0 Å². The lowest BCUT2D eigenvalue weighted by Gasteiger charge is -2.13. The first-order valence-corrected chi connectivity index (χ1v) is 7.01. The van der Waals surface area contributed by atoms with Crippen molar-refractivity contribution < 1.29 is 0 Å². The van der Waals surface area contributed by atoms with E-state index in [-0.39, 0.29) is 0 Å². The molecule has 0 bridgehead atoms. The molecule has 2 heterocycles. The van der Waals surface area contributed by atoms with Gasteiger partial charge in [0.15, 0.2) is 0 Å². The van der Waals surface area contributed by atoms with E-state index in [9.17, 15) is 0 Å². The Kier molecular flexibility index (Phi) is 4.52. The smallest absolute Gasteiger partial charge is 0.135 e. The third-order valence-corrected chi connectivity index (χ3v) is 3.57. The van der Waals surface area contributed by atoms with Crippen molar-refractivity contribution in [2.24, 2.45) is 0 Å². The molecule has 2 aromatic rings. The quantitative estimate of drug-likeness (QED) is 0.839. The van der Waals surface area contributed by atoms with E-state index in [0.29, 0.717) is 0 Å². The summed E-state index contributed by atoms with van der Waals surface area (Å²) < 4.78 is 0. The minimum atomic E-state index is 0.814. The zero-order chi connectivity index (χ0) is 12.8. The molecule has 0 unspecified atom stereocenters. The molecule has 0 saturated heterocycles. The average Bonchev–Trinajstić information content (AvgIpc) is 2.91. The van der Waals surface area contributed by atoms with Crippen LogP contribution in [-0.4, -0.2) is 17.0 Å². The summed E-state index contributed by atoms with van der Waals surface area (Å²) in [6.45, 7) is 2.98. The Labute approximate surface area is 111 Å². The average molecular weight is 262 g/mol. The molecule has 0 spiro atoms. The van der Waals surface area contributed by atoms with Crippen LogP contribution < -0.4 is 10.6 Å². The first-order valence-electron chi connectivity index (χ1n) is 6.13. The summed E-state index contributed by atoms with van der Waals surface area (Å²) in [5.74, 6) is 1.85. The van der Waals surface area contributed by atoms with E-state index in [1.807, 2.05) is 7.05 Å². The van der Waals surface area contributed by atoms with Crippen molar-refractivity contribution in [3.63, 3.8) is 0 Å². The van der Waals surface area contributed by atoms with Gasteiger partial charge >= 0.3 is 0 Å². The van der Waals surface area contributed by atoms with Crippen LogP contribution in [-0.2, 0) is 13.0 Å². The minimum Gasteiger partial charge on any atom is -0.373 e. The number of hydrogen-bond acceptors (Lipinski definition) is 5. The van der Waals surface area contributed by atoms with Crippen LogP contribution in [0.15, 0.2) is 23.8 Å². The Morgan fingerprint density at radius 2 is 2.11 bits per heavy atom. The van der Waals surface area contributed by atoms with Gasteiger partial charge in [-0.3, -0.25) is 0 Å². The third-order valence-electron chi connectivity index (χ3n) is 2.69. The first-order chi connectivity index (χ1) is 8.85. The van der Waals surface area contributed by atoms with E-state index in [1.54, 1.807) is 17.7 Å². The molecule has 4 nitrogen and oxygen atoms in total. The standard InChI is InChI=1S/C13H18N4S/c1-3-5-11-12(14-2)16-9-17-13(11)15-8-10-6-4-7-18-10/h4,6-7,9H,3,5,8H2,1-2H3,(H2,14,15,16,17). The Hall–Kier alpha value is -1.62. The SMILES string of the molecule is CCCc1c(NC)ncnc1NCc1cccs1. The van der Waals surface area contributed by atoms with Gasteiger partial charge in [0.05, 0.1) is 6.54 Å². The summed E-state index contributed by atoms with van der Waals surface area (Å²) in [4.78, 5) is 9.92. The zero-order valence-corrected chi connectivity index (χ0v) is 11.5. The highest BCUT2D eigenvalue weighted by atomic mass is 32.1. The lowest BCUT2D eigenvalue weighted by atomic mass is 10.1. The molecule has 0 fully saturated rings. The van der Waals surface area contributed by atoms with Crippen LogP contribution in [0.3, 0.4) is 0 Å². The summed E-state index contributed by atoms with van der Waals surface area (Å²) in [6.07, 6.45) is 3.65. The number of nitrogens with one attached hydrogen (secondary N) is 2. The van der Waals surface area contributed by atoms with Gasteiger partial charge < -0.3 is 10.6 Å². The summed E-state index contributed by atoms with van der Waals surface area (Å²) in [5.41, 5.74) is 1.17. The van der Waals surface area contributed by atoms with Gasteiger partial charge in [-0.25, -0.2) is 9.97 Å². The lowest BCUT2D eigenvalue weighted by Crippen LogP contribution is -2.08. The molecule has 0 saturated carbocycles. The molecule has 96 valence electrons. The largest absolute Gasteiger partial charge is 0.373 e. The van der Waals surface area contributed by atoms with Crippen LogP contribution in [0.4, 0.5) is 11.6 Å². The Morgan fingerprint density at radius 3 is 2.78 bits per heavy atom. The van der Waals surface area contributed by atoms with Crippen LogP contribution in [0.25, 0.3) is 0 Å². The fraction of sp³-hybridized carbons (Fsp3) is 0.385. The topological polar surface area (TPSA) is 49.8 Å². The van der Waals surface area contributed by atoms with Crippen molar-refractivity contribution >= 4 is 23.0 Å². The number of hydrogen-bond donors (Lipinski definition) is 2. The fourth-order valence-electron chi connectivity index (χ4n) is 1.85. The van der Waals surface area contributed by atoms with Crippen LogP contribution in [0.2, 0.25) is 0 Å². The summed E-state index contributed by atoms with van der Waals surface area (Å²) in [7, 11) is 1.89. The van der Waals surface area contributed by atoms with Crippen molar-refractivity contribution in [1.82, 2.24) is 9.97 Å². The molecule has 0 amide bonds. The molecule has 0 radical (unpaired) electrons. The number of thiophene rings is 1. The van der Waals surface area contributed by atoms with Gasteiger partial charge in [-0.2, -0.15) is 0 Å². The van der Waals surface area contributed by atoms with Crippen LogP contribution >= 0.6 is 11.3 Å². The predicted octanol–water partition coefficient (Wildman–Crippen LogP) is 3.14. The number of nitrogens with zero attached hydrogens (tertiary/aromatic N) is 2. The zero-order valence-electron chi connectivity index (χ0n) is 10.7. The third kappa shape index (κ3) is 2.98. The maximum atomic E-state index is 4.35. The molecule has 0 aliphatic rings. The Morgan fingerprint density at radius 1 is 1.28 bits per heavy atom. The van der Waals surface area contributed by atoms with Gasteiger partial charge in [0.2, 0.25) is 0 Å². The van der Waals surface area contributed by atoms with Crippen LogP contribution in [0.1, 0.15) is 23.8 Å². The van der Waals surface area contributed by atoms with E-state index in [1.165, 1.54) is 10.4 Å². The molecule has 2 rings (SSSR count). The van der Waals surface area contributed by atoms with Crippen LogP contribution in [0, 0.1) is 0 Å². The molecule has 0 aromatic carbocycles. The van der Waals surface area contributed by atoms with E-state index >= 15 is 0 Å². The summed E-state index contributed by atoms with van der Waals surface area (Å²) >= 11 is 1.75. The molecule has 0 atom stereocenters. The van der Waals surface area contributed by atoms with Gasteiger partial charge in [0.1, 0.15) is 18.0 Å². The first kappa shape index (κ1) is 12.8. The lowest BCUT2D eigenvalue weighted by molar-refractivity contribution is 0.899. The second kappa shape index (κ2) is 6.35. The normalized spacial score (nSPS) is 10.3. The van der Waals surface area contributed by atoms with Crippen molar-refractivity contribution in [1.29, 1.82) is 0 Å². The van der Waals surface area contributed by atoms with E-state index < -0.39 is 0 Å². The maximum Gasteiger partial charge on any atom is 0.135 e. The maximum absolute atomic E-state index is 4.35. The van der Waals surface area contributed by atoms with Gasteiger partial charge in [0, 0.05) is 17.5 Å². The summed E-state index contributed by atoms with van der Waals surface area (Å²) in [5, 5.41) is 8.61. The van der Waals surface area contributed by atoms with E-state index in [2.05, 4.69) is 45.0 Å². The second-order valence-electron chi connectivity index (χ2n) is 3.98. The summed E-state index contributed by atoms with van der Waals surface area (Å²) in [6, 6.07) is 4.19. The highest BCUT2D eigenvalue weighted by Gasteiger charge is 2.09. The number of anilines is 2. The monoisotopic (exact) mass is 262 g/mol. The predicted molar refractivity (Wildman–Crippen MR) is 77.2 cm³/mol. The number of rotatable bonds is 6. The number of aromatic nitrogens is 2. The molecule has 5 heteroatoms. The van der Waals surface area contributed by atoms with Crippen molar-refractivity contribution in [3.05, 3.63) is 34.3 Å². The minimum absolute atomic E-state index is 0.814. The Balaban J connectivity index is 2.15. The molecule has 18 heavy (non-hydrogen) atoms. The molecular weight excluding hydrogens is 244 g/mol. The highest BCUT2D eigenvalue weighted by molar-refractivity contribution is 7.09. The highest BCUT2D eigenvalue weighted by Crippen LogP contribution is 2.22. The van der Waals surface area contributed by atoms with Gasteiger partial charge in [-0.1, -0.05) is 19.4 Å². The second-order valence-corrected chi connectivity index (χ2v) is 5.01. The Bertz CT molecular complexity index is 482. The van der Waals surface area contributed by atoms with Crippen molar-refractivity contribution in [2.75, 3.05) is 17.7 Å². The van der Waals surface area contributed by atoms with Crippen molar-refractivity contribution in [2.45, 2.75) is 26.3 Å². The van der Waals surface area contributed by atoms with E-state index in [4.69, 9.17) is 0 Å². The fourth-order valence-corrected chi connectivity index (χ4v) is 2.50. The molecule has 2 aromatic heterocycles. The molecule has 0 aliphatic heterocycles. The van der Waals surface area contributed by atoms with Gasteiger partial charge in [0.25, 0.3) is 0 Å². The van der Waals surface area contributed by atoms with Gasteiger partial charge in [-0.15, -0.1) is 11.3 Å². The van der Waals surface area contributed by atoms with Crippen LogP contribution in [0.5, 0.6) is 0 Å².